The normalized spacial score (nSPS) is 13.2. The molecule has 0 aliphatic rings. The van der Waals surface area contributed by atoms with Crippen LogP contribution in [0.4, 0.5) is 0 Å². The summed E-state index contributed by atoms with van der Waals surface area (Å²) in [5.41, 5.74) is 8.04. The lowest BCUT2D eigenvalue weighted by molar-refractivity contribution is -0.197. The Balaban J connectivity index is 1.63. The van der Waals surface area contributed by atoms with E-state index in [1.54, 1.807) is 32.4 Å². The molecule has 4 N–H and O–H groups in total. The van der Waals surface area contributed by atoms with Crippen molar-refractivity contribution in [2.24, 2.45) is 17.6 Å². The van der Waals surface area contributed by atoms with E-state index in [1.807, 2.05) is 87.5 Å². The molecule has 12 heteroatoms. The predicted octanol–water partition coefficient (Wildman–Crippen LogP) is 6.27. The number of carbonyl (C=O) groups is 4. The van der Waals surface area contributed by atoms with E-state index >= 15 is 0 Å². The number of ether oxygens (including phenoxy) is 3. The van der Waals surface area contributed by atoms with E-state index in [1.165, 1.54) is 12.2 Å². The van der Waals surface area contributed by atoms with Crippen LogP contribution in [0.3, 0.4) is 0 Å². The van der Waals surface area contributed by atoms with Crippen LogP contribution in [-0.4, -0.2) is 62.1 Å². The number of unbranched alkanes of at least 4 members (excludes halogenated alkanes) is 1. The number of hydrogen-bond acceptors (Lipinski definition) is 8. The highest BCUT2D eigenvalue weighted by Crippen LogP contribution is 2.28. The van der Waals surface area contributed by atoms with Crippen LogP contribution in [-0.2, 0) is 43.6 Å². The molecule has 0 bridgehead atoms. The molecule has 1 unspecified atom stereocenters. The standard InChI is InChI=1S/C44H56N4O8/c1-7-9-13-33(25-40(49)48(56-28-30-18-21-35(53-4)22-19-30)27-34-20-23-36(54-5)26-39(34)55-6)43(51)46-38(44(52)47-41(42(45)50)29(3)8-2)24-32-16-12-15-31-14-10-11-17-37(31)32/h10-12,14-23,26,29,33,38,41H,7-9,13,24-25,27-28H2,1-6H3,(H2,45,50)(H,46,51)(H,47,52)/t29?,33-,38+,41+/m1/s1. The number of carbonyl (C=O) groups excluding carboxylic acids is 4. The highest BCUT2D eigenvalue weighted by atomic mass is 16.7. The molecule has 0 aliphatic heterocycles. The minimum absolute atomic E-state index is 0.0283. The molecule has 0 saturated heterocycles. The predicted molar refractivity (Wildman–Crippen MR) is 216 cm³/mol. The molecule has 0 spiro atoms. The van der Waals surface area contributed by atoms with Crippen LogP contribution in [0.5, 0.6) is 17.2 Å². The van der Waals surface area contributed by atoms with Crippen molar-refractivity contribution in [2.75, 3.05) is 21.3 Å². The molecule has 4 aromatic rings. The van der Waals surface area contributed by atoms with Gasteiger partial charge in [-0.25, -0.2) is 5.06 Å². The van der Waals surface area contributed by atoms with Gasteiger partial charge in [-0.1, -0.05) is 94.6 Å². The highest BCUT2D eigenvalue weighted by Gasteiger charge is 2.32. The Morgan fingerprint density at radius 3 is 2.14 bits per heavy atom. The summed E-state index contributed by atoms with van der Waals surface area (Å²) in [4.78, 5) is 61.2. The van der Waals surface area contributed by atoms with Crippen LogP contribution in [0.2, 0.25) is 0 Å². The molecule has 4 rings (SSSR count). The quantitative estimate of drug-likeness (QED) is 0.0791. The first-order valence-electron chi connectivity index (χ1n) is 19.1. The minimum atomic E-state index is -1.07. The summed E-state index contributed by atoms with van der Waals surface area (Å²) in [5.74, 6) is -1.31. The summed E-state index contributed by atoms with van der Waals surface area (Å²) in [6, 6.07) is 24.2. The summed E-state index contributed by atoms with van der Waals surface area (Å²) in [7, 11) is 4.68. The van der Waals surface area contributed by atoms with E-state index in [-0.39, 0.29) is 31.9 Å². The van der Waals surface area contributed by atoms with Crippen LogP contribution in [0.1, 0.15) is 69.6 Å². The van der Waals surface area contributed by atoms with Crippen LogP contribution >= 0.6 is 0 Å². The van der Waals surface area contributed by atoms with Crippen LogP contribution in [0.15, 0.2) is 84.9 Å². The molecule has 0 heterocycles. The number of nitrogens with zero attached hydrogens (tertiary/aromatic N) is 1. The first-order chi connectivity index (χ1) is 27.0. The monoisotopic (exact) mass is 768 g/mol. The smallest absolute Gasteiger partial charge is 0.247 e. The lowest BCUT2D eigenvalue weighted by atomic mass is 9.94. The Kier molecular flexibility index (Phi) is 16.5. The number of primary amides is 1. The summed E-state index contributed by atoms with van der Waals surface area (Å²) in [5, 5.41) is 8.97. The maximum atomic E-state index is 14.3. The van der Waals surface area contributed by atoms with Crippen molar-refractivity contribution in [3.8, 4) is 17.2 Å². The molecular weight excluding hydrogens is 713 g/mol. The van der Waals surface area contributed by atoms with Gasteiger partial charge in [0.2, 0.25) is 23.6 Å². The van der Waals surface area contributed by atoms with Crippen molar-refractivity contribution in [3.05, 3.63) is 102 Å². The Bertz CT molecular complexity index is 1910. The van der Waals surface area contributed by atoms with Gasteiger partial charge in [-0.05, 0) is 58.5 Å². The van der Waals surface area contributed by atoms with Gasteiger partial charge >= 0.3 is 0 Å². The summed E-state index contributed by atoms with van der Waals surface area (Å²) in [6.45, 7) is 5.86. The van der Waals surface area contributed by atoms with Gasteiger partial charge in [0.05, 0.1) is 27.9 Å². The maximum Gasteiger partial charge on any atom is 0.247 e. The lowest BCUT2D eigenvalue weighted by Crippen LogP contribution is -2.56. The Hall–Kier alpha value is -5.62. The summed E-state index contributed by atoms with van der Waals surface area (Å²) >= 11 is 0. The van der Waals surface area contributed by atoms with Crippen molar-refractivity contribution in [3.63, 3.8) is 0 Å². The average Bonchev–Trinajstić information content (AvgIpc) is 3.22. The van der Waals surface area contributed by atoms with Gasteiger partial charge in [0.1, 0.15) is 35.9 Å². The molecule has 0 fully saturated rings. The Morgan fingerprint density at radius 2 is 1.48 bits per heavy atom. The molecule has 4 amide bonds. The molecule has 0 aromatic heterocycles. The second-order valence-corrected chi connectivity index (χ2v) is 14.0. The van der Waals surface area contributed by atoms with Gasteiger partial charge in [-0.2, -0.15) is 0 Å². The van der Waals surface area contributed by atoms with E-state index in [4.69, 9.17) is 24.8 Å². The fourth-order valence-electron chi connectivity index (χ4n) is 6.48. The third-order valence-corrected chi connectivity index (χ3v) is 10.1. The Labute approximate surface area is 330 Å². The fraction of sp³-hybridized carbons (Fsp3) is 0.409. The second kappa shape index (κ2) is 21.5. The van der Waals surface area contributed by atoms with Crippen molar-refractivity contribution in [1.29, 1.82) is 0 Å². The van der Waals surface area contributed by atoms with Gasteiger partial charge in [-0.15, -0.1) is 0 Å². The topological polar surface area (TPSA) is 159 Å². The zero-order valence-corrected chi connectivity index (χ0v) is 33.3. The number of methoxy groups -OCH3 is 3. The number of nitrogens with two attached hydrogens (primary N) is 1. The SMILES string of the molecule is CCCC[C@H](CC(=O)N(Cc1ccc(OC)cc1OC)OCc1ccc(OC)cc1)C(=O)N[C@@H](Cc1cccc2ccccc12)C(=O)N[C@H](C(N)=O)C(C)CC. The third kappa shape index (κ3) is 11.9. The molecule has 0 saturated carbocycles. The number of hydroxylamine groups is 2. The van der Waals surface area contributed by atoms with Gasteiger partial charge in [0.15, 0.2) is 0 Å². The van der Waals surface area contributed by atoms with Crippen molar-refractivity contribution in [1.82, 2.24) is 15.7 Å². The number of amides is 4. The molecule has 56 heavy (non-hydrogen) atoms. The third-order valence-electron chi connectivity index (χ3n) is 10.1. The lowest BCUT2D eigenvalue weighted by Gasteiger charge is -2.28. The van der Waals surface area contributed by atoms with Gasteiger partial charge in [0, 0.05) is 30.4 Å². The second-order valence-electron chi connectivity index (χ2n) is 14.0. The average molecular weight is 769 g/mol. The van der Waals surface area contributed by atoms with Crippen LogP contribution in [0.25, 0.3) is 10.8 Å². The fourth-order valence-corrected chi connectivity index (χ4v) is 6.48. The highest BCUT2D eigenvalue weighted by molar-refractivity contribution is 5.94. The number of hydrogen-bond donors (Lipinski definition) is 3. The first-order valence-corrected chi connectivity index (χ1v) is 19.1. The largest absolute Gasteiger partial charge is 0.497 e. The molecule has 300 valence electrons. The molecule has 0 radical (unpaired) electrons. The molecule has 0 aliphatic carbocycles. The van der Waals surface area contributed by atoms with Gasteiger partial charge < -0.3 is 30.6 Å². The van der Waals surface area contributed by atoms with E-state index in [2.05, 4.69) is 10.6 Å². The number of rotatable bonds is 22. The van der Waals surface area contributed by atoms with E-state index < -0.39 is 41.6 Å². The molecule has 4 aromatic carbocycles. The molecule has 4 atom stereocenters. The van der Waals surface area contributed by atoms with Crippen LogP contribution in [0, 0.1) is 11.8 Å². The Morgan fingerprint density at radius 1 is 0.786 bits per heavy atom. The number of benzene rings is 4. The molecular formula is C44H56N4O8. The first kappa shape index (κ1) is 43.1. The van der Waals surface area contributed by atoms with Crippen molar-refractivity contribution < 1.29 is 38.2 Å². The van der Waals surface area contributed by atoms with Gasteiger partial charge in [-0.3, -0.25) is 24.0 Å². The number of fused-ring (bicyclic) bond motifs is 1. The maximum absolute atomic E-state index is 14.3. The van der Waals surface area contributed by atoms with Crippen molar-refractivity contribution >= 4 is 34.4 Å². The van der Waals surface area contributed by atoms with Crippen LogP contribution < -0.4 is 30.6 Å². The zero-order chi connectivity index (χ0) is 40.6. The zero-order valence-electron chi connectivity index (χ0n) is 33.3. The minimum Gasteiger partial charge on any atom is -0.497 e. The summed E-state index contributed by atoms with van der Waals surface area (Å²) < 4.78 is 16.3. The summed E-state index contributed by atoms with van der Waals surface area (Å²) in [6.07, 6.45) is 2.41. The van der Waals surface area contributed by atoms with E-state index in [9.17, 15) is 19.2 Å². The molecule has 12 nitrogen and oxygen atoms in total. The van der Waals surface area contributed by atoms with E-state index in [0.717, 1.165) is 28.3 Å². The number of nitrogens with one attached hydrogen (secondary N) is 2. The van der Waals surface area contributed by atoms with E-state index in [0.29, 0.717) is 42.1 Å². The van der Waals surface area contributed by atoms with Gasteiger partial charge in [0.25, 0.3) is 0 Å². The van der Waals surface area contributed by atoms with Crippen molar-refractivity contribution in [2.45, 2.75) is 84.5 Å².